The molecule has 1 aliphatic heterocycles. The normalized spacial score (nSPS) is 16.2. The van der Waals surface area contributed by atoms with Crippen LogP contribution in [0.3, 0.4) is 0 Å². The van der Waals surface area contributed by atoms with Gasteiger partial charge in [-0.3, -0.25) is 4.79 Å². The van der Waals surface area contributed by atoms with Crippen molar-refractivity contribution in [3.05, 3.63) is 35.9 Å². The molecule has 1 aliphatic rings. The van der Waals surface area contributed by atoms with E-state index < -0.39 is 10.0 Å². The van der Waals surface area contributed by atoms with E-state index >= 15 is 0 Å². The van der Waals surface area contributed by atoms with Crippen LogP contribution in [0.4, 0.5) is 5.13 Å². The molecule has 0 radical (unpaired) electrons. The van der Waals surface area contributed by atoms with Gasteiger partial charge in [0, 0.05) is 19.0 Å². The highest BCUT2D eigenvalue weighted by Gasteiger charge is 2.31. The van der Waals surface area contributed by atoms with E-state index in [4.69, 9.17) is 0 Å². The minimum absolute atomic E-state index is 0.107. The number of nitrogens with one attached hydrogen (secondary N) is 1. The highest BCUT2D eigenvalue weighted by Crippen LogP contribution is 2.26. The van der Waals surface area contributed by atoms with Crippen molar-refractivity contribution in [2.24, 2.45) is 5.92 Å². The molecule has 1 aromatic heterocycles. The van der Waals surface area contributed by atoms with Crippen molar-refractivity contribution in [3.63, 3.8) is 0 Å². The molecule has 0 spiro atoms. The van der Waals surface area contributed by atoms with E-state index in [2.05, 4.69) is 15.5 Å². The molecule has 0 bridgehead atoms. The fourth-order valence-electron chi connectivity index (χ4n) is 3.18. The van der Waals surface area contributed by atoms with Crippen LogP contribution in [-0.4, -0.2) is 53.9 Å². The number of rotatable bonds is 8. The van der Waals surface area contributed by atoms with E-state index in [-0.39, 0.29) is 17.6 Å². The third-order valence-electron chi connectivity index (χ3n) is 4.74. The Labute approximate surface area is 174 Å². The van der Waals surface area contributed by atoms with Crippen molar-refractivity contribution in [1.82, 2.24) is 14.5 Å². The predicted molar refractivity (Wildman–Crippen MR) is 113 cm³/mol. The number of piperidine rings is 1. The lowest BCUT2D eigenvalue weighted by Gasteiger charge is -2.30. The minimum Gasteiger partial charge on any atom is -0.300 e. The summed E-state index contributed by atoms with van der Waals surface area (Å²) < 4.78 is 27.5. The Morgan fingerprint density at radius 3 is 2.61 bits per heavy atom. The standard InChI is InChI=1S/C18H24N4O3S3/c1-26-18-21-20-17(27-18)19-16(23)15-9-11-22(12-10-15)28(24,25)13-5-8-14-6-3-2-4-7-14/h2-4,6-7,15H,5,8-13H2,1H3,(H,19,20,23). The summed E-state index contributed by atoms with van der Waals surface area (Å²) in [6, 6.07) is 9.90. The summed E-state index contributed by atoms with van der Waals surface area (Å²) in [5.41, 5.74) is 1.15. The van der Waals surface area contributed by atoms with Gasteiger partial charge in [-0.2, -0.15) is 0 Å². The maximum atomic E-state index is 12.6. The number of nitrogens with zero attached hydrogens (tertiary/aromatic N) is 3. The number of thioether (sulfide) groups is 1. The predicted octanol–water partition coefficient (Wildman–Crippen LogP) is 2.87. The third kappa shape index (κ3) is 5.76. The van der Waals surface area contributed by atoms with E-state index in [1.54, 1.807) is 0 Å². The highest BCUT2D eigenvalue weighted by atomic mass is 32.2. The maximum Gasteiger partial charge on any atom is 0.229 e. The molecular weight excluding hydrogens is 416 g/mol. The molecule has 1 aromatic carbocycles. The van der Waals surface area contributed by atoms with Gasteiger partial charge in [-0.15, -0.1) is 10.2 Å². The number of carbonyl (C=O) groups excluding carboxylic acids is 1. The zero-order valence-corrected chi connectivity index (χ0v) is 18.2. The number of sulfonamides is 1. The first kappa shape index (κ1) is 21.2. The lowest BCUT2D eigenvalue weighted by Crippen LogP contribution is -2.42. The molecule has 28 heavy (non-hydrogen) atoms. The number of aromatic nitrogens is 2. The molecule has 10 heteroatoms. The highest BCUT2D eigenvalue weighted by molar-refractivity contribution is 8.00. The van der Waals surface area contributed by atoms with E-state index in [0.29, 0.717) is 37.5 Å². The average molecular weight is 441 g/mol. The Kier molecular flexibility index (Phi) is 7.44. The van der Waals surface area contributed by atoms with Gasteiger partial charge < -0.3 is 5.32 Å². The van der Waals surface area contributed by atoms with Gasteiger partial charge >= 0.3 is 0 Å². The van der Waals surface area contributed by atoms with Crippen LogP contribution < -0.4 is 5.32 Å². The first-order chi connectivity index (χ1) is 13.5. The molecule has 3 rings (SSSR count). The first-order valence-corrected chi connectivity index (χ1v) is 12.8. The molecule has 1 amide bonds. The molecule has 0 saturated carbocycles. The second kappa shape index (κ2) is 9.82. The summed E-state index contributed by atoms with van der Waals surface area (Å²) in [6.45, 7) is 0.774. The van der Waals surface area contributed by atoms with Crippen LogP contribution in [0, 0.1) is 5.92 Å². The average Bonchev–Trinajstić information content (AvgIpc) is 3.16. The lowest BCUT2D eigenvalue weighted by atomic mass is 9.97. The maximum absolute atomic E-state index is 12.6. The molecule has 7 nitrogen and oxygen atoms in total. The van der Waals surface area contributed by atoms with Gasteiger partial charge in [-0.1, -0.05) is 53.4 Å². The third-order valence-corrected chi connectivity index (χ3v) is 8.51. The SMILES string of the molecule is CSc1nnc(NC(=O)C2CCN(S(=O)(=O)CCCc3ccccc3)CC2)s1. The molecule has 1 N–H and O–H groups in total. The molecule has 1 fully saturated rings. The number of carbonyl (C=O) groups is 1. The zero-order valence-electron chi connectivity index (χ0n) is 15.7. The molecule has 1 saturated heterocycles. The van der Waals surface area contributed by atoms with Crippen LogP contribution in [0.5, 0.6) is 0 Å². The second-order valence-corrected chi connectivity index (χ2v) is 10.8. The van der Waals surface area contributed by atoms with Gasteiger partial charge in [0.15, 0.2) is 4.34 Å². The van der Waals surface area contributed by atoms with E-state index in [0.717, 1.165) is 16.3 Å². The fourth-order valence-corrected chi connectivity index (χ4v) is 5.89. The van der Waals surface area contributed by atoms with Crippen LogP contribution >= 0.6 is 23.1 Å². The fraction of sp³-hybridized carbons (Fsp3) is 0.500. The molecule has 0 aliphatic carbocycles. The van der Waals surface area contributed by atoms with Crippen molar-refractivity contribution < 1.29 is 13.2 Å². The van der Waals surface area contributed by atoms with Crippen LogP contribution in [0.2, 0.25) is 0 Å². The van der Waals surface area contributed by atoms with Crippen molar-refractivity contribution in [2.75, 3.05) is 30.4 Å². The van der Waals surface area contributed by atoms with Crippen molar-refractivity contribution >= 4 is 44.2 Å². The quantitative estimate of drug-likeness (QED) is 0.501. The number of aryl methyl sites for hydroxylation is 1. The number of hydrogen-bond donors (Lipinski definition) is 1. The monoisotopic (exact) mass is 440 g/mol. The summed E-state index contributed by atoms with van der Waals surface area (Å²) in [5, 5.41) is 11.2. The molecular formula is C18H24N4O3S3. The van der Waals surface area contributed by atoms with Crippen molar-refractivity contribution in [1.29, 1.82) is 0 Å². The van der Waals surface area contributed by atoms with Crippen LogP contribution in [0.1, 0.15) is 24.8 Å². The first-order valence-electron chi connectivity index (χ1n) is 9.18. The van der Waals surface area contributed by atoms with Crippen LogP contribution in [0.25, 0.3) is 0 Å². The summed E-state index contributed by atoms with van der Waals surface area (Å²) in [7, 11) is -3.28. The van der Waals surface area contributed by atoms with E-state index in [1.165, 1.54) is 27.4 Å². The van der Waals surface area contributed by atoms with E-state index in [1.807, 2.05) is 36.6 Å². The lowest BCUT2D eigenvalue weighted by molar-refractivity contribution is -0.120. The van der Waals surface area contributed by atoms with Gasteiger partial charge in [0.25, 0.3) is 0 Å². The Bertz CT molecular complexity index is 878. The van der Waals surface area contributed by atoms with Crippen LogP contribution in [-0.2, 0) is 21.2 Å². The Morgan fingerprint density at radius 1 is 1.25 bits per heavy atom. The number of amides is 1. The largest absolute Gasteiger partial charge is 0.300 e. The van der Waals surface area contributed by atoms with Gasteiger partial charge in [-0.05, 0) is 37.5 Å². The number of hydrogen-bond acceptors (Lipinski definition) is 7. The zero-order chi connectivity index (χ0) is 20.0. The minimum atomic E-state index is -3.28. The van der Waals surface area contributed by atoms with Gasteiger partial charge in [0.05, 0.1) is 5.75 Å². The van der Waals surface area contributed by atoms with Crippen molar-refractivity contribution in [3.8, 4) is 0 Å². The smallest absolute Gasteiger partial charge is 0.229 e. The Morgan fingerprint density at radius 2 is 1.96 bits per heavy atom. The van der Waals surface area contributed by atoms with Crippen molar-refractivity contribution in [2.45, 2.75) is 30.0 Å². The number of anilines is 1. The molecule has 0 atom stereocenters. The van der Waals surface area contributed by atoms with Crippen LogP contribution in [0.15, 0.2) is 34.7 Å². The molecule has 2 heterocycles. The van der Waals surface area contributed by atoms with E-state index in [9.17, 15) is 13.2 Å². The summed E-state index contributed by atoms with van der Waals surface area (Å²) >= 11 is 2.82. The summed E-state index contributed by atoms with van der Waals surface area (Å²) in [4.78, 5) is 12.4. The molecule has 2 aromatic rings. The topological polar surface area (TPSA) is 92.3 Å². The van der Waals surface area contributed by atoms with Gasteiger partial charge in [0.2, 0.25) is 21.1 Å². The number of benzene rings is 1. The Balaban J connectivity index is 1.44. The summed E-state index contributed by atoms with van der Waals surface area (Å²) in [6.07, 6.45) is 4.30. The van der Waals surface area contributed by atoms with Gasteiger partial charge in [0.1, 0.15) is 0 Å². The molecule has 152 valence electrons. The second-order valence-electron chi connectivity index (χ2n) is 6.64. The summed E-state index contributed by atoms with van der Waals surface area (Å²) in [5.74, 6) is -0.164. The molecule has 0 unspecified atom stereocenters. The Hall–Kier alpha value is -1.49. The van der Waals surface area contributed by atoms with Gasteiger partial charge in [-0.25, -0.2) is 12.7 Å².